The fourth-order valence-corrected chi connectivity index (χ4v) is 2.37. The molecule has 0 saturated carbocycles. The van der Waals surface area contributed by atoms with Crippen molar-refractivity contribution < 1.29 is 14.7 Å². The number of hydrogen-bond donors (Lipinski definition) is 3. The molecular weight excluding hydrogens is 256 g/mol. The van der Waals surface area contributed by atoms with Gasteiger partial charge in [-0.3, -0.25) is 9.59 Å². The molecule has 0 bridgehead atoms. The van der Waals surface area contributed by atoms with Crippen molar-refractivity contribution in [1.82, 2.24) is 5.32 Å². The minimum absolute atomic E-state index is 0.366. The van der Waals surface area contributed by atoms with Gasteiger partial charge in [0.15, 0.2) is 0 Å². The van der Waals surface area contributed by atoms with Gasteiger partial charge in [0.1, 0.15) is 6.04 Å². The average molecular weight is 270 g/mol. The van der Waals surface area contributed by atoms with E-state index in [-0.39, 0.29) is 5.91 Å². The van der Waals surface area contributed by atoms with E-state index in [1.54, 1.807) is 12.1 Å². The lowest BCUT2D eigenvalue weighted by Crippen LogP contribution is -2.48. The summed E-state index contributed by atoms with van der Waals surface area (Å²) in [5.41, 5.74) is 0.870. The molecule has 0 aliphatic carbocycles. The molecule has 0 fully saturated rings. The Labute approximate surface area is 115 Å². The monoisotopic (exact) mass is 270 g/mol. The Kier molecular flexibility index (Phi) is 2.91. The lowest BCUT2D eigenvalue weighted by Gasteiger charge is -2.16. The number of aliphatic hydroxyl groups excluding tert-OH is 1. The van der Waals surface area contributed by atoms with Gasteiger partial charge >= 0.3 is 0 Å². The van der Waals surface area contributed by atoms with Gasteiger partial charge < -0.3 is 15.7 Å². The maximum absolute atomic E-state index is 12.2. The second kappa shape index (κ2) is 4.61. The van der Waals surface area contributed by atoms with Gasteiger partial charge in [0.05, 0.1) is 17.4 Å². The Balaban J connectivity index is 2.14. The first-order valence-corrected chi connectivity index (χ1v) is 6.39. The van der Waals surface area contributed by atoms with Crippen LogP contribution < -0.4 is 10.6 Å². The van der Waals surface area contributed by atoms with E-state index in [1.807, 2.05) is 24.3 Å². The zero-order valence-electron chi connectivity index (χ0n) is 10.9. The third-order valence-electron chi connectivity index (χ3n) is 3.44. The molecular formula is C15H14N2O3. The maximum Gasteiger partial charge on any atom is 0.254 e. The van der Waals surface area contributed by atoms with Crippen molar-refractivity contribution >= 4 is 28.3 Å². The summed E-state index contributed by atoms with van der Waals surface area (Å²) < 4.78 is 0. The summed E-state index contributed by atoms with van der Waals surface area (Å²) >= 11 is 0. The van der Waals surface area contributed by atoms with Crippen molar-refractivity contribution in [3.05, 3.63) is 42.0 Å². The predicted molar refractivity (Wildman–Crippen MR) is 75.5 cm³/mol. The molecule has 20 heavy (non-hydrogen) atoms. The molecule has 2 aromatic rings. The third kappa shape index (κ3) is 2.02. The Morgan fingerprint density at radius 1 is 1.15 bits per heavy atom. The van der Waals surface area contributed by atoms with Crippen LogP contribution in [0.2, 0.25) is 0 Å². The van der Waals surface area contributed by atoms with Crippen LogP contribution in [0, 0.1) is 0 Å². The van der Waals surface area contributed by atoms with Gasteiger partial charge in [-0.25, -0.2) is 0 Å². The molecule has 1 aliphatic heterocycles. The van der Waals surface area contributed by atoms with Gasteiger partial charge in [0.25, 0.3) is 5.91 Å². The van der Waals surface area contributed by atoms with Gasteiger partial charge in [-0.15, -0.1) is 0 Å². The molecule has 2 atom stereocenters. The van der Waals surface area contributed by atoms with Crippen molar-refractivity contribution in [2.75, 3.05) is 5.32 Å². The fraction of sp³-hybridized carbons (Fsp3) is 0.200. The first kappa shape index (κ1) is 12.6. The standard InChI is InChI=1S/C15H14N2O3/c1-8(18)13-15(20)16-12-7-10-5-3-2-4-9(10)6-11(12)14(19)17-13/h2-8,13,18H,1H3,(H,16,20)(H,17,19). The molecule has 1 aliphatic rings. The molecule has 1 heterocycles. The van der Waals surface area contributed by atoms with Crippen LogP contribution in [0.1, 0.15) is 17.3 Å². The van der Waals surface area contributed by atoms with Crippen molar-refractivity contribution in [1.29, 1.82) is 0 Å². The summed E-state index contributed by atoms with van der Waals surface area (Å²) in [5, 5.41) is 16.7. The highest BCUT2D eigenvalue weighted by atomic mass is 16.3. The molecule has 2 aromatic carbocycles. The maximum atomic E-state index is 12.2. The number of carbonyl (C=O) groups excluding carboxylic acids is 2. The number of hydrogen-bond acceptors (Lipinski definition) is 3. The molecule has 3 N–H and O–H groups in total. The van der Waals surface area contributed by atoms with E-state index in [2.05, 4.69) is 10.6 Å². The van der Waals surface area contributed by atoms with Crippen LogP contribution in [-0.4, -0.2) is 29.1 Å². The molecule has 0 radical (unpaired) electrons. The highest BCUT2D eigenvalue weighted by Gasteiger charge is 2.31. The zero-order chi connectivity index (χ0) is 14.3. The van der Waals surface area contributed by atoms with E-state index < -0.39 is 18.1 Å². The second-order valence-electron chi connectivity index (χ2n) is 4.93. The molecule has 5 nitrogen and oxygen atoms in total. The van der Waals surface area contributed by atoms with E-state index >= 15 is 0 Å². The molecule has 2 unspecified atom stereocenters. The molecule has 0 saturated heterocycles. The highest BCUT2D eigenvalue weighted by Crippen LogP contribution is 2.26. The summed E-state index contributed by atoms with van der Waals surface area (Å²) in [6.45, 7) is 1.47. The number of anilines is 1. The van der Waals surface area contributed by atoms with E-state index in [1.165, 1.54) is 6.92 Å². The summed E-state index contributed by atoms with van der Waals surface area (Å²) in [6, 6.07) is 10.2. The average Bonchev–Trinajstić information content (AvgIpc) is 2.54. The predicted octanol–water partition coefficient (Wildman–Crippen LogP) is 1.27. The topological polar surface area (TPSA) is 78.4 Å². The van der Waals surface area contributed by atoms with Crippen molar-refractivity contribution in [2.45, 2.75) is 19.1 Å². The summed E-state index contributed by atoms with van der Waals surface area (Å²) in [6.07, 6.45) is -0.956. The number of carbonyl (C=O) groups is 2. The highest BCUT2D eigenvalue weighted by molar-refractivity contribution is 6.12. The number of fused-ring (bicyclic) bond motifs is 2. The van der Waals surface area contributed by atoms with Crippen LogP contribution in [0.5, 0.6) is 0 Å². The molecule has 102 valence electrons. The molecule has 5 heteroatoms. The Hall–Kier alpha value is -2.40. The number of rotatable bonds is 1. The van der Waals surface area contributed by atoms with Crippen molar-refractivity contribution in [2.24, 2.45) is 0 Å². The summed E-state index contributed by atoms with van der Waals surface area (Å²) in [4.78, 5) is 24.2. The third-order valence-corrected chi connectivity index (χ3v) is 3.44. The van der Waals surface area contributed by atoms with Crippen LogP contribution in [-0.2, 0) is 4.79 Å². The number of amides is 2. The number of benzene rings is 2. The van der Waals surface area contributed by atoms with Crippen molar-refractivity contribution in [3.8, 4) is 0 Å². The molecule has 3 rings (SSSR count). The number of aliphatic hydroxyl groups is 1. The quantitative estimate of drug-likeness (QED) is 0.730. The zero-order valence-corrected chi connectivity index (χ0v) is 10.9. The lowest BCUT2D eigenvalue weighted by molar-refractivity contribution is -0.120. The van der Waals surface area contributed by atoms with E-state index in [4.69, 9.17) is 0 Å². The van der Waals surface area contributed by atoms with Crippen LogP contribution in [0.25, 0.3) is 10.8 Å². The summed E-state index contributed by atoms with van der Waals surface area (Å²) in [5.74, 6) is -0.780. The molecule has 0 spiro atoms. The largest absolute Gasteiger partial charge is 0.391 e. The van der Waals surface area contributed by atoms with E-state index in [9.17, 15) is 14.7 Å². The minimum atomic E-state index is -0.956. The van der Waals surface area contributed by atoms with Crippen LogP contribution >= 0.6 is 0 Å². The summed E-state index contributed by atoms with van der Waals surface area (Å²) in [7, 11) is 0. The van der Waals surface area contributed by atoms with Gasteiger partial charge in [-0.05, 0) is 29.8 Å². The molecule has 2 amide bonds. The van der Waals surface area contributed by atoms with Crippen LogP contribution in [0.15, 0.2) is 36.4 Å². The van der Waals surface area contributed by atoms with E-state index in [0.29, 0.717) is 11.3 Å². The lowest BCUT2D eigenvalue weighted by atomic mass is 10.0. The van der Waals surface area contributed by atoms with Crippen LogP contribution in [0.3, 0.4) is 0 Å². The van der Waals surface area contributed by atoms with Crippen LogP contribution in [0.4, 0.5) is 5.69 Å². The number of nitrogens with one attached hydrogen (secondary N) is 2. The smallest absolute Gasteiger partial charge is 0.254 e. The van der Waals surface area contributed by atoms with Gasteiger partial charge in [0.2, 0.25) is 5.91 Å². The van der Waals surface area contributed by atoms with Gasteiger partial charge in [-0.1, -0.05) is 24.3 Å². The Morgan fingerprint density at radius 3 is 2.45 bits per heavy atom. The molecule has 0 aromatic heterocycles. The first-order chi connectivity index (χ1) is 9.56. The van der Waals surface area contributed by atoms with Gasteiger partial charge in [-0.2, -0.15) is 0 Å². The van der Waals surface area contributed by atoms with Crippen molar-refractivity contribution in [3.63, 3.8) is 0 Å². The Morgan fingerprint density at radius 2 is 1.80 bits per heavy atom. The second-order valence-corrected chi connectivity index (χ2v) is 4.93. The first-order valence-electron chi connectivity index (χ1n) is 6.39. The SMILES string of the molecule is CC(O)C1NC(=O)c2cc3ccccc3cc2NC1=O. The van der Waals surface area contributed by atoms with Gasteiger partial charge in [0, 0.05) is 0 Å². The fourth-order valence-electron chi connectivity index (χ4n) is 2.37. The van der Waals surface area contributed by atoms with E-state index in [0.717, 1.165) is 10.8 Å². The Bertz CT molecular complexity index is 709. The minimum Gasteiger partial charge on any atom is -0.391 e. The normalized spacial score (nSPS) is 19.8.